The summed E-state index contributed by atoms with van der Waals surface area (Å²) in [7, 11) is -4.06. The molecule has 0 atom stereocenters. The van der Waals surface area contributed by atoms with Crippen LogP contribution in [0.4, 0.5) is 4.39 Å². The number of benzene rings is 2. The fourth-order valence-corrected chi connectivity index (χ4v) is 3.86. The Bertz CT molecular complexity index is 937. The van der Waals surface area contributed by atoms with Crippen molar-refractivity contribution in [2.45, 2.75) is 50.6 Å². The zero-order chi connectivity index (χ0) is 20.3. The Morgan fingerprint density at radius 3 is 2.46 bits per heavy atom. The second kappa shape index (κ2) is 8.31. The van der Waals surface area contributed by atoms with Crippen LogP contribution in [0.5, 0.6) is 5.75 Å². The van der Waals surface area contributed by atoms with Crippen molar-refractivity contribution in [3.8, 4) is 5.75 Å². The maximum absolute atomic E-state index is 13.0. The van der Waals surface area contributed by atoms with Crippen LogP contribution in [0.25, 0.3) is 0 Å². The second-order valence-electron chi connectivity index (χ2n) is 7.49. The van der Waals surface area contributed by atoms with Crippen molar-refractivity contribution in [1.29, 1.82) is 0 Å². The van der Waals surface area contributed by atoms with Gasteiger partial charge in [-0.1, -0.05) is 26.0 Å². The number of nitrogens with zero attached hydrogens (tertiary/aromatic N) is 1. The van der Waals surface area contributed by atoms with Gasteiger partial charge in [0.1, 0.15) is 16.5 Å². The highest BCUT2D eigenvalue weighted by atomic mass is 32.2. The summed E-state index contributed by atoms with van der Waals surface area (Å²) in [4.78, 5) is 14.3. The molecule has 0 unspecified atom stereocenters. The van der Waals surface area contributed by atoms with Gasteiger partial charge in [0, 0.05) is 19.0 Å². The fraction of sp³-hybridized carbons (Fsp3) is 0.381. The molecule has 1 aliphatic rings. The van der Waals surface area contributed by atoms with Crippen LogP contribution >= 0.6 is 0 Å². The van der Waals surface area contributed by atoms with Crippen LogP contribution in [0.15, 0.2) is 53.4 Å². The summed E-state index contributed by atoms with van der Waals surface area (Å²) in [6, 6.07) is 11.4. The Morgan fingerprint density at radius 2 is 1.86 bits per heavy atom. The third-order valence-corrected chi connectivity index (χ3v) is 5.71. The number of rotatable bonds is 8. The highest BCUT2D eigenvalue weighted by molar-refractivity contribution is 7.87. The molecule has 1 fully saturated rings. The minimum atomic E-state index is -4.06. The van der Waals surface area contributed by atoms with E-state index in [1.165, 1.54) is 0 Å². The molecular weight excluding hydrogens is 381 g/mol. The minimum absolute atomic E-state index is 0.114. The Kier molecular flexibility index (Phi) is 6.03. The van der Waals surface area contributed by atoms with Crippen LogP contribution in [0.2, 0.25) is 0 Å². The van der Waals surface area contributed by atoms with Gasteiger partial charge in [0.15, 0.2) is 0 Å². The average molecular weight is 405 g/mol. The van der Waals surface area contributed by atoms with Gasteiger partial charge in [-0.25, -0.2) is 4.39 Å². The van der Waals surface area contributed by atoms with E-state index in [1.54, 1.807) is 18.2 Å². The van der Waals surface area contributed by atoms with Crippen molar-refractivity contribution < 1.29 is 21.8 Å². The van der Waals surface area contributed by atoms with Gasteiger partial charge in [-0.3, -0.25) is 4.79 Å². The summed E-state index contributed by atoms with van der Waals surface area (Å²) in [6.45, 7) is 4.44. The molecule has 5 nitrogen and oxygen atoms in total. The average Bonchev–Trinajstić information content (AvgIpc) is 3.44. The molecule has 0 saturated heterocycles. The molecule has 0 aliphatic heterocycles. The van der Waals surface area contributed by atoms with E-state index >= 15 is 0 Å². The van der Waals surface area contributed by atoms with Crippen molar-refractivity contribution in [2.24, 2.45) is 5.92 Å². The van der Waals surface area contributed by atoms with Gasteiger partial charge in [0.25, 0.3) is 0 Å². The number of carbonyl (C=O) groups excluding carboxylic acids is 1. The standard InChI is InChI=1S/C21H24FNO4S/c1-15(2)12-21(24)23(18-8-9-18)14-16-4-3-5-19(13-16)27-28(25,26)20-10-6-17(22)7-11-20/h3-7,10-11,13,15,18H,8-9,12,14H2,1-2H3. The first kappa shape index (κ1) is 20.3. The Morgan fingerprint density at radius 1 is 1.18 bits per heavy atom. The topological polar surface area (TPSA) is 63.7 Å². The Balaban J connectivity index is 1.74. The largest absolute Gasteiger partial charge is 0.379 e. The zero-order valence-corrected chi connectivity index (χ0v) is 16.8. The fourth-order valence-electron chi connectivity index (χ4n) is 2.94. The van der Waals surface area contributed by atoms with Crippen LogP contribution in [0, 0.1) is 11.7 Å². The third kappa shape index (κ3) is 5.32. The van der Waals surface area contributed by atoms with Gasteiger partial charge in [0.05, 0.1) is 0 Å². The number of hydrogen-bond acceptors (Lipinski definition) is 4. The van der Waals surface area contributed by atoms with Crippen molar-refractivity contribution >= 4 is 16.0 Å². The predicted molar refractivity (Wildman–Crippen MR) is 104 cm³/mol. The van der Waals surface area contributed by atoms with Gasteiger partial charge >= 0.3 is 10.1 Å². The molecule has 0 radical (unpaired) electrons. The first-order chi connectivity index (χ1) is 13.2. The van der Waals surface area contributed by atoms with Gasteiger partial charge < -0.3 is 9.08 Å². The second-order valence-corrected chi connectivity index (χ2v) is 9.04. The van der Waals surface area contributed by atoms with E-state index in [2.05, 4.69) is 0 Å². The molecule has 7 heteroatoms. The highest BCUT2D eigenvalue weighted by Crippen LogP contribution is 2.30. The maximum Gasteiger partial charge on any atom is 0.339 e. The van der Waals surface area contributed by atoms with E-state index in [0.717, 1.165) is 42.7 Å². The van der Waals surface area contributed by atoms with E-state index < -0.39 is 15.9 Å². The summed E-state index contributed by atoms with van der Waals surface area (Å²) in [5.74, 6) is 0.0353. The van der Waals surface area contributed by atoms with E-state index in [-0.39, 0.29) is 28.5 Å². The van der Waals surface area contributed by atoms with Crippen molar-refractivity contribution in [3.05, 3.63) is 59.9 Å². The van der Waals surface area contributed by atoms with Gasteiger partial charge in [0.2, 0.25) is 5.91 Å². The summed E-state index contributed by atoms with van der Waals surface area (Å²) in [5, 5.41) is 0. The molecule has 2 aromatic rings. The summed E-state index contributed by atoms with van der Waals surface area (Å²) in [6.07, 6.45) is 2.49. The van der Waals surface area contributed by atoms with Crippen LogP contribution in [0.3, 0.4) is 0 Å². The molecule has 0 heterocycles. The molecule has 0 N–H and O–H groups in total. The summed E-state index contributed by atoms with van der Waals surface area (Å²) >= 11 is 0. The molecule has 2 aromatic carbocycles. The highest BCUT2D eigenvalue weighted by Gasteiger charge is 2.32. The van der Waals surface area contributed by atoms with Gasteiger partial charge in [-0.15, -0.1) is 0 Å². The first-order valence-electron chi connectivity index (χ1n) is 9.33. The molecule has 1 aliphatic carbocycles. The lowest BCUT2D eigenvalue weighted by atomic mass is 10.1. The van der Waals surface area contributed by atoms with Crippen LogP contribution < -0.4 is 4.18 Å². The van der Waals surface area contributed by atoms with Crippen LogP contribution in [-0.4, -0.2) is 25.3 Å². The smallest absolute Gasteiger partial charge is 0.339 e. The van der Waals surface area contributed by atoms with Gasteiger partial charge in [-0.05, 0) is 60.7 Å². The summed E-state index contributed by atoms with van der Waals surface area (Å²) in [5.41, 5.74) is 0.802. The SMILES string of the molecule is CC(C)CC(=O)N(Cc1cccc(OS(=O)(=O)c2ccc(F)cc2)c1)C1CC1. The quantitative estimate of drug-likeness (QED) is 0.620. The lowest BCUT2D eigenvalue weighted by Crippen LogP contribution is -2.33. The molecule has 28 heavy (non-hydrogen) atoms. The summed E-state index contributed by atoms with van der Waals surface area (Å²) < 4.78 is 43.0. The Hall–Kier alpha value is -2.41. The molecular formula is C21H24FNO4S. The molecule has 0 bridgehead atoms. The molecule has 1 saturated carbocycles. The Labute approximate surface area is 165 Å². The molecule has 150 valence electrons. The zero-order valence-electron chi connectivity index (χ0n) is 16.0. The normalized spacial score (nSPS) is 14.1. The third-order valence-electron chi connectivity index (χ3n) is 4.45. The van der Waals surface area contributed by atoms with E-state index in [0.29, 0.717) is 13.0 Å². The predicted octanol–water partition coefficient (Wildman–Crippen LogP) is 4.13. The maximum atomic E-state index is 13.0. The lowest BCUT2D eigenvalue weighted by Gasteiger charge is -2.23. The van der Waals surface area contributed by atoms with Crippen molar-refractivity contribution in [2.75, 3.05) is 0 Å². The lowest BCUT2D eigenvalue weighted by molar-refractivity contribution is -0.133. The number of amides is 1. The molecule has 1 amide bonds. The molecule has 0 spiro atoms. The minimum Gasteiger partial charge on any atom is -0.379 e. The van der Waals surface area contributed by atoms with Gasteiger partial charge in [-0.2, -0.15) is 8.42 Å². The van der Waals surface area contributed by atoms with Crippen molar-refractivity contribution in [3.63, 3.8) is 0 Å². The van der Waals surface area contributed by atoms with Crippen LogP contribution in [0.1, 0.15) is 38.7 Å². The van der Waals surface area contributed by atoms with E-state index in [9.17, 15) is 17.6 Å². The number of halogens is 1. The number of hydrogen-bond donors (Lipinski definition) is 0. The van der Waals surface area contributed by atoms with E-state index in [1.807, 2.05) is 24.8 Å². The monoisotopic (exact) mass is 405 g/mol. The number of carbonyl (C=O) groups is 1. The van der Waals surface area contributed by atoms with Crippen LogP contribution in [-0.2, 0) is 21.5 Å². The van der Waals surface area contributed by atoms with E-state index in [4.69, 9.17) is 4.18 Å². The first-order valence-corrected chi connectivity index (χ1v) is 10.7. The molecule has 0 aromatic heterocycles. The van der Waals surface area contributed by atoms with Crippen molar-refractivity contribution in [1.82, 2.24) is 4.90 Å². The molecule has 3 rings (SSSR count).